The first kappa shape index (κ1) is 22.6. The zero-order chi connectivity index (χ0) is 22.6. The van der Waals surface area contributed by atoms with Crippen molar-refractivity contribution in [2.75, 3.05) is 30.4 Å². The van der Waals surface area contributed by atoms with Crippen molar-refractivity contribution in [1.82, 2.24) is 4.90 Å². The molecule has 166 valence electrons. The predicted octanol–water partition coefficient (Wildman–Crippen LogP) is 3.82. The van der Waals surface area contributed by atoms with E-state index in [4.69, 9.17) is 4.74 Å². The Balaban J connectivity index is 1.80. The molecule has 1 aliphatic heterocycles. The minimum atomic E-state index is -4.75. The molecular formula is C22H24F3N3O3. The molecule has 1 aliphatic rings. The SMILES string of the molecule is CCOc1ccc(CN(C)CC(=O)N2c3ccccc3NC(=O)CC2C(F)(F)F)cc1. The summed E-state index contributed by atoms with van der Waals surface area (Å²) < 4.78 is 46.7. The van der Waals surface area contributed by atoms with Gasteiger partial charge in [-0.3, -0.25) is 19.4 Å². The van der Waals surface area contributed by atoms with Crippen LogP contribution in [0.2, 0.25) is 0 Å². The number of ether oxygens (including phenoxy) is 1. The first-order chi connectivity index (χ1) is 14.7. The van der Waals surface area contributed by atoms with Crippen LogP contribution in [0.1, 0.15) is 18.9 Å². The summed E-state index contributed by atoms with van der Waals surface area (Å²) in [5, 5.41) is 2.46. The van der Waals surface area contributed by atoms with E-state index in [1.54, 1.807) is 30.1 Å². The number of hydrogen-bond donors (Lipinski definition) is 1. The van der Waals surface area contributed by atoms with Crippen LogP contribution in [0.4, 0.5) is 24.5 Å². The highest BCUT2D eigenvalue weighted by Crippen LogP contribution is 2.37. The number of alkyl halides is 3. The van der Waals surface area contributed by atoms with Gasteiger partial charge in [-0.05, 0) is 43.8 Å². The first-order valence-corrected chi connectivity index (χ1v) is 9.87. The summed E-state index contributed by atoms with van der Waals surface area (Å²) >= 11 is 0. The van der Waals surface area contributed by atoms with Gasteiger partial charge in [0.2, 0.25) is 11.8 Å². The van der Waals surface area contributed by atoms with Crippen molar-refractivity contribution in [1.29, 1.82) is 0 Å². The van der Waals surface area contributed by atoms with Gasteiger partial charge < -0.3 is 10.1 Å². The summed E-state index contributed by atoms with van der Waals surface area (Å²) in [6.07, 6.45) is -5.61. The molecule has 0 saturated carbocycles. The quantitative estimate of drug-likeness (QED) is 0.750. The van der Waals surface area contributed by atoms with E-state index in [-0.39, 0.29) is 17.9 Å². The fourth-order valence-electron chi connectivity index (χ4n) is 3.53. The molecule has 9 heteroatoms. The van der Waals surface area contributed by atoms with Crippen LogP contribution >= 0.6 is 0 Å². The molecule has 31 heavy (non-hydrogen) atoms. The Morgan fingerprint density at radius 2 is 1.87 bits per heavy atom. The summed E-state index contributed by atoms with van der Waals surface area (Å²) in [5.41, 5.74) is 1.11. The molecule has 0 radical (unpaired) electrons. The molecule has 0 saturated heterocycles. The number of carbonyl (C=O) groups is 2. The van der Waals surface area contributed by atoms with E-state index in [9.17, 15) is 22.8 Å². The van der Waals surface area contributed by atoms with Gasteiger partial charge in [0.15, 0.2) is 0 Å². The largest absolute Gasteiger partial charge is 0.494 e. The molecule has 2 aromatic rings. The molecule has 0 spiro atoms. The number of anilines is 2. The molecule has 3 rings (SSSR count). The fourth-order valence-corrected chi connectivity index (χ4v) is 3.53. The van der Waals surface area contributed by atoms with Crippen molar-refractivity contribution in [2.45, 2.75) is 32.1 Å². The molecule has 0 aliphatic carbocycles. The van der Waals surface area contributed by atoms with Gasteiger partial charge in [-0.25, -0.2) is 0 Å². The third-order valence-corrected chi connectivity index (χ3v) is 4.87. The van der Waals surface area contributed by atoms with Gasteiger partial charge in [0.25, 0.3) is 0 Å². The Morgan fingerprint density at radius 3 is 2.52 bits per heavy atom. The lowest BCUT2D eigenvalue weighted by Crippen LogP contribution is -2.52. The Morgan fingerprint density at radius 1 is 1.19 bits per heavy atom. The normalized spacial score (nSPS) is 16.5. The number of halogens is 3. The second kappa shape index (κ2) is 9.38. The number of benzene rings is 2. The maximum Gasteiger partial charge on any atom is 0.409 e. The van der Waals surface area contributed by atoms with Crippen molar-refractivity contribution in [3.8, 4) is 5.75 Å². The predicted molar refractivity (Wildman–Crippen MR) is 111 cm³/mol. The van der Waals surface area contributed by atoms with Crippen LogP contribution in [0, 0.1) is 0 Å². The highest BCUT2D eigenvalue weighted by atomic mass is 19.4. The number of nitrogens with one attached hydrogen (secondary N) is 1. The van der Waals surface area contributed by atoms with Crippen molar-refractivity contribution >= 4 is 23.2 Å². The van der Waals surface area contributed by atoms with Crippen molar-refractivity contribution in [3.63, 3.8) is 0 Å². The molecule has 1 unspecified atom stereocenters. The number of fused-ring (bicyclic) bond motifs is 1. The first-order valence-electron chi connectivity index (χ1n) is 9.87. The van der Waals surface area contributed by atoms with Crippen LogP contribution < -0.4 is 15.0 Å². The number of hydrogen-bond acceptors (Lipinski definition) is 4. The van der Waals surface area contributed by atoms with Gasteiger partial charge in [0, 0.05) is 6.54 Å². The minimum Gasteiger partial charge on any atom is -0.494 e. The average molecular weight is 435 g/mol. The number of likely N-dealkylation sites (N-methyl/N-ethyl adjacent to an activating group) is 1. The van der Waals surface area contributed by atoms with E-state index in [0.29, 0.717) is 18.1 Å². The molecule has 1 atom stereocenters. The number of carbonyl (C=O) groups excluding carboxylic acids is 2. The van der Waals surface area contributed by atoms with E-state index in [0.717, 1.165) is 11.3 Å². The molecule has 2 aromatic carbocycles. The van der Waals surface area contributed by atoms with Crippen LogP contribution in [0.15, 0.2) is 48.5 Å². The molecular weight excluding hydrogens is 411 g/mol. The van der Waals surface area contributed by atoms with E-state index in [1.165, 1.54) is 18.2 Å². The molecule has 6 nitrogen and oxygen atoms in total. The molecule has 0 bridgehead atoms. The lowest BCUT2D eigenvalue weighted by Gasteiger charge is -2.33. The topological polar surface area (TPSA) is 61.9 Å². The van der Waals surface area contributed by atoms with E-state index < -0.39 is 30.5 Å². The summed E-state index contributed by atoms with van der Waals surface area (Å²) in [6.45, 7) is 2.54. The van der Waals surface area contributed by atoms with Crippen LogP contribution in [0.5, 0.6) is 5.75 Å². The third-order valence-electron chi connectivity index (χ3n) is 4.87. The highest BCUT2D eigenvalue weighted by Gasteiger charge is 2.49. The van der Waals surface area contributed by atoms with Crippen LogP contribution in [0.3, 0.4) is 0 Å². The lowest BCUT2D eigenvalue weighted by molar-refractivity contribution is -0.158. The van der Waals surface area contributed by atoms with E-state index in [1.807, 2.05) is 19.1 Å². The molecule has 2 amide bonds. The number of nitrogens with zero attached hydrogens (tertiary/aromatic N) is 2. The maximum absolute atomic E-state index is 13.8. The number of rotatable bonds is 6. The summed E-state index contributed by atoms with van der Waals surface area (Å²) in [4.78, 5) is 27.4. The Kier molecular flexibility index (Phi) is 6.84. The van der Waals surface area contributed by atoms with Crippen LogP contribution in [0.25, 0.3) is 0 Å². The second-order valence-electron chi connectivity index (χ2n) is 7.34. The van der Waals surface area contributed by atoms with Gasteiger partial charge >= 0.3 is 6.18 Å². The number of amides is 2. The van der Waals surface area contributed by atoms with Crippen molar-refractivity contribution in [2.24, 2.45) is 0 Å². The third kappa shape index (κ3) is 5.55. The minimum absolute atomic E-state index is 0.0372. The smallest absolute Gasteiger partial charge is 0.409 e. The standard InChI is InChI=1S/C22H24F3N3O3/c1-3-31-16-10-8-15(9-11-16)13-27(2)14-21(30)28-18-7-5-4-6-17(18)26-20(29)12-19(28)22(23,24)25/h4-11,19H,3,12-14H2,1-2H3,(H,26,29). The van der Waals surface area contributed by atoms with Gasteiger partial charge in [0.05, 0.1) is 30.9 Å². The van der Waals surface area contributed by atoms with Crippen molar-refractivity contribution < 1.29 is 27.5 Å². The monoisotopic (exact) mass is 435 g/mol. The summed E-state index contributed by atoms with van der Waals surface area (Å²) in [5.74, 6) is -0.802. The van der Waals surface area contributed by atoms with Gasteiger partial charge in [-0.1, -0.05) is 24.3 Å². The molecule has 1 N–H and O–H groups in total. The van der Waals surface area contributed by atoms with Crippen molar-refractivity contribution in [3.05, 3.63) is 54.1 Å². The summed E-state index contributed by atoms with van der Waals surface area (Å²) in [7, 11) is 1.66. The molecule has 1 heterocycles. The van der Waals surface area contributed by atoms with Crippen LogP contribution in [-0.2, 0) is 16.1 Å². The number of para-hydroxylation sites is 2. The van der Waals surface area contributed by atoms with Gasteiger partial charge in [-0.2, -0.15) is 13.2 Å². The summed E-state index contributed by atoms with van der Waals surface area (Å²) in [6, 6.07) is 11.1. The molecule has 0 aromatic heterocycles. The Hall–Kier alpha value is -3.07. The molecule has 0 fully saturated rings. The van der Waals surface area contributed by atoms with E-state index >= 15 is 0 Å². The van der Waals surface area contributed by atoms with Gasteiger partial charge in [-0.15, -0.1) is 0 Å². The van der Waals surface area contributed by atoms with E-state index in [2.05, 4.69) is 5.32 Å². The van der Waals surface area contributed by atoms with Crippen LogP contribution in [-0.4, -0.2) is 49.1 Å². The second-order valence-corrected chi connectivity index (χ2v) is 7.34. The maximum atomic E-state index is 13.8. The zero-order valence-corrected chi connectivity index (χ0v) is 17.3. The zero-order valence-electron chi connectivity index (χ0n) is 17.3. The lowest BCUT2D eigenvalue weighted by atomic mass is 10.1. The Labute approximate surface area is 178 Å². The van der Waals surface area contributed by atoms with Gasteiger partial charge in [0.1, 0.15) is 11.8 Å². The average Bonchev–Trinajstić information content (AvgIpc) is 2.85. The highest BCUT2D eigenvalue weighted by molar-refractivity contribution is 6.05. The fraction of sp³-hybridized carbons (Fsp3) is 0.364. The Bertz CT molecular complexity index is 932.